The molecule has 0 atom stereocenters. The summed E-state index contributed by atoms with van der Waals surface area (Å²) in [4.78, 5) is 4.20. The molecule has 1 aromatic heterocycles. The van der Waals surface area contributed by atoms with Crippen molar-refractivity contribution in [3.63, 3.8) is 0 Å². The van der Waals surface area contributed by atoms with Crippen molar-refractivity contribution in [3.8, 4) is 0 Å². The van der Waals surface area contributed by atoms with Crippen molar-refractivity contribution < 1.29 is 8.42 Å². The minimum absolute atomic E-state index is 0.269. The standard InChI is InChI=1S/C12H12N2O2S/c1-10-6-2-3-7-11(10)17(15,16)14-12-8-4-5-9-13-12/h2-9H,1H3,(H,13,14). The second-order valence-corrected chi connectivity index (χ2v) is 5.24. The van der Waals surface area contributed by atoms with E-state index in [1.807, 2.05) is 0 Å². The van der Waals surface area contributed by atoms with Crippen LogP contribution in [0.2, 0.25) is 0 Å². The van der Waals surface area contributed by atoms with Crippen molar-refractivity contribution in [3.05, 3.63) is 54.2 Å². The highest BCUT2D eigenvalue weighted by atomic mass is 32.2. The molecule has 0 bridgehead atoms. The largest absolute Gasteiger partial charge is 0.263 e. The van der Waals surface area contributed by atoms with Gasteiger partial charge in [-0.05, 0) is 30.7 Å². The number of rotatable bonds is 3. The predicted octanol–water partition coefficient (Wildman–Crippen LogP) is 2.19. The van der Waals surface area contributed by atoms with E-state index in [0.29, 0.717) is 11.4 Å². The van der Waals surface area contributed by atoms with Gasteiger partial charge in [-0.2, -0.15) is 0 Å². The van der Waals surface area contributed by atoms with Crippen LogP contribution in [-0.4, -0.2) is 13.4 Å². The molecule has 0 aliphatic heterocycles. The van der Waals surface area contributed by atoms with E-state index in [2.05, 4.69) is 9.71 Å². The van der Waals surface area contributed by atoms with Crippen molar-refractivity contribution in [2.45, 2.75) is 11.8 Å². The van der Waals surface area contributed by atoms with Crippen LogP contribution in [0, 0.1) is 6.92 Å². The zero-order valence-electron chi connectivity index (χ0n) is 9.29. The van der Waals surface area contributed by atoms with E-state index in [4.69, 9.17) is 0 Å². The maximum absolute atomic E-state index is 12.1. The lowest BCUT2D eigenvalue weighted by Gasteiger charge is -2.08. The number of benzene rings is 1. The molecule has 5 heteroatoms. The summed E-state index contributed by atoms with van der Waals surface area (Å²) >= 11 is 0. The number of pyridine rings is 1. The third kappa shape index (κ3) is 2.62. The van der Waals surface area contributed by atoms with Gasteiger partial charge in [-0.15, -0.1) is 0 Å². The number of hydrogen-bond acceptors (Lipinski definition) is 3. The average Bonchev–Trinajstić information content (AvgIpc) is 2.30. The maximum atomic E-state index is 12.1. The second-order valence-electron chi connectivity index (χ2n) is 3.59. The van der Waals surface area contributed by atoms with Gasteiger partial charge in [0.25, 0.3) is 10.0 Å². The van der Waals surface area contributed by atoms with E-state index in [-0.39, 0.29) is 4.90 Å². The fourth-order valence-corrected chi connectivity index (χ4v) is 2.73. The Bertz CT molecular complexity index is 609. The first-order chi connectivity index (χ1) is 8.09. The summed E-state index contributed by atoms with van der Waals surface area (Å²) in [5, 5.41) is 0. The van der Waals surface area contributed by atoms with Gasteiger partial charge >= 0.3 is 0 Å². The number of aromatic nitrogens is 1. The number of nitrogens with one attached hydrogen (secondary N) is 1. The summed E-state index contributed by atoms with van der Waals surface area (Å²) in [6, 6.07) is 11.9. The summed E-state index contributed by atoms with van der Waals surface area (Å²) in [5.74, 6) is 0.316. The van der Waals surface area contributed by atoms with Crippen LogP contribution >= 0.6 is 0 Å². The van der Waals surface area contributed by atoms with Gasteiger partial charge < -0.3 is 0 Å². The third-order valence-corrected chi connectivity index (χ3v) is 3.80. The van der Waals surface area contributed by atoms with Crippen LogP contribution in [0.15, 0.2) is 53.6 Å². The number of nitrogens with zero attached hydrogens (tertiary/aromatic N) is 1. The molecule has 17 heavy (non-hydrogen) atoms. The summed E-state index contributed by atoms with van der Waals surface area (Å²) in [6.07, 6.45) is 1.54. The molecule has 0 aliphatic rings. The van der Waals surface area contributed by atoms with Gasteiger partial charge in [0.05, 0.1) is 4.90 Å². The maximum Gasteiger partial charge on any atom is 0.263 e. The lowest BCUT2D eigenvalue weighted by Crippen LogP contribution is -2.14. The normalized spacial score (nSPS) is 11.1. The molecule has 0 fully saturated rings. The monoisotopic (exact) mass is 248 g/mol. The minimum Gasteiger partial charge on any atom is -0.263 e. The van der Waals surface area contributed by atoms with Crippen LogP contribution in [0.1, 0.15) is 5.56 Å². The highest BCUT2D eigenvalue weighted by Crippen LogP contribution is 2.17. The van der Waals surface area contributed by atoms with Gasteiger partial charge in [-0.25, -0.2) is 13.4 Å². The van der Waals surface area contributed by atoms with E-state index in [9.17, 15) is 8.42 Å². The van der Waals surface area contributed by atoms with Crippen LogP contribution < -0.4 is 4.72 Å². The van der Waals surface area contributed by atoms with E-state index >= 15 is 0 Å². The van der Waals surface area contributed by atoms with Gasteiger partial charge in [0, 0.05) is 6.20 Å². The fourth-order valence-electron chi connectivity index (χ4n) is 1.47. The highest BCUT2D eigenvalue weighted by Gasteiger charge is 2.16. The van der Waals surface area contributed by atoms with E-state index < -0.39 is 10.0 Å². The predicted molar refractivity (Wildman–Crippen MR) is 66.2 cm³/mol. The van der Waals surface area contributed by atoms with Gasteiger partial charge in [-0.3, -0.25) is 4.72 Å². The Morgan fingerprint density at radius 2 is 1.76 bits per heavy atom. The highest BCUT2D eigenvalue weighted by molar-refractivity contribution is 7.92. The van der Waals surface area contributed by atoms with Crippen molar-refractivity contribution >= 4 is 15.8 Å². The smallest absolute Gasteiger partial charge is 0.263 e. The van der Waals surface area contributed by atoms with Crippen LogP contribution in [0.3, 0.4) is 0 Å². The van der Waals surface area contributed by atoms with E-state index in [0.717, 1.165) is 0 Å². The topological polar surface area (TPSA) is 59.1 Å². The Labute approximate surface area is 100 Å². The SMILES string of the molecule is Cc1ccccc1S(=O)(=O)Nc1ccccn1. The zero-order valence-corrected chi connectivity index (χ0v) is 10.1. The second kappa shape index (κ2) is 4.55. The molecule has 1 aromatic carbocycles. The molecule has 1 N–H and O–H groups in total. The lowest BCUT2D eigenvalue weighted by molar-refractivity contribution is 0.600. The molecule has 0 saturated carbocycles. The van der Waals surface area contributed by atoms with Gasteiger partial charge in [0.2, 0.25) is 0 Å². The van der Waals surface area contributed by atoms with Gasteiger partial charge in [-0.1, -0.05) is 24.3 Å². The molecular weight excluding hydrogens is 236 g/mol. The Morgan fingerprint density at radius 3 is 2.41 bits per heavy atom. The van der Waals surface area contributed by atoms with Crippen LogP contribution in [0.25, 0.3) is 0 Å². The molecule has 0 saturated heterocycles. The molecule has 2 rings (SSSR count). The zero-order chi connectivity index (χ0) is 12.3. The Kier molecular flexibility index (Phi) is 3.10. The summed E-state index contributed by atoms with van der Waals surface area (Å²) in [5.41, 5.74) is 0.705. The summed E-state index contributed by atoms with van der Waals surface area (Å²) in [7, 11) is -3.56. The first kappa shape index (κ1) is 11.6. The Morgan fingerprint density at radius 1 is 1.06 bits per heavy atom. The fraction of sp³-hybridized carbons (Fsp3) is 0.0833. The van der Waals surface area contributed by atoms with Crippen molar-refractivity contribution in [1.82, 2.24) is 4.98 Å². The summed E-state index contributed by atoms with van der Waals surface area (Å²) < 4.78 is 26.6. The first-order valence-corrected chi connectivity index (χ1v) is 6.57. The quantitative estimate of drug-likeness (QED) is 0.905. The molecule has 0 spiro atoms. The van der Waals surface area contributed by atoms with Crippen molar-refractivity contribution in [1.29, 1.82) is 0 Å². The minimum atomic E-state index is -3.56. The molecule has 0 unspecified atom stereocenters. The number of hydrogen-bond donors (Lipinski definition) is 1. The third-order valence-electron chi connectivity index (χ3n) is 2.29. The van der Waals surface area contributed by atoms with Crippen LogP contribution in [0.4, 0.5) is 5.82 Å². The molecular formula is C12H12N2O2S. The number of anilines is 1. The van der Waals surface area contributed by atoms with E-state index in [1.54, 1.807) is 49.4 Å². The van der Waals surface area contributed by atoms with Crippen LogP contribution in [-0.2, 0) is 10.0 Å². The first-order valence-electron chi connectivity index (χ1n) is 5.09. The molecule has 88 valence electrons. The average molecular weight is 248 g/mol. The number of aryl methyl sites for hydroxylation is 1. The van der Waals surface area contributed by atoms with Gasteiger partial charge in [0.15, 0.2) is 0 Å². The lowest BCUT2D eigenvalue weighted by atomic mass is 10.2. The molecule has 0 aliphatic carbocycles. The molecule has 0 amide bonds. The molecule has 2 aromatic rings. The molecule has 0 radical (unpaired) electrons. The van der Waals surface area contributed by atoms with Crippen molar-refractivity contribution in [2.75, 3.05) is 4.72 Å². The van der Waals surface area contributed by atoms with Crippen LogP contribution in [0.5, 0.6) is 0 Å². The Hall–Kier alpha value is -1.88. The molecule has 1 heterocycles. The number of sulfonamides is 1. The Balaban J connectivity index is 2.36. The van der Waals surface area contributed by atoms with Gasteiger partial charge in [0.1, 0.15) is 5.82 Å². The summed E-state index contributed by atoms with van der Waals surface area (Å²) in [6.45, 7) is 1.76. The van der Waals surface area contributed by atoms with E-state index in [1.165, 1.54) is 6.20 Å². The molecule has 4 nitrogen and oxygen atoms in total. The van der Waals surface area contributed by atoms with Crippen molar-refractivity contribution in [2.24, 2.45) is 0 Å².